The van der Waals surface area contributed by atoms with Crippen molar-refractivity contribution in [1.82, 2.24) is 20.2 Å². The standard InChI is InChI=1S/C21H21N5O2S/c1-13-5-3-7-18(14(13)2)26-21(23-24-25-26)29-12-19(27)16-9-10-17-15(11-16)6-4-8-20(28)22-17/h3,5,7,9-11H,4,6,8,12H2,1-2H3,(H,22,28). The van der Waals surface area contributed by atoms with Crippen LogP contribution in [0.2, 0.25) is 0 Å². The number of aryl methyl sites for hydroxylation is 2. The van der Waals surface area contributed by atoms with Gasteiger partial charge in [-0.25, -0.2) is 0 Å². The van der Waals surface area contributed by atoms with Crippen LogP contribution >= 0.6 is 11.8 Å². The van der Waals surface area contributed by atoms with Crippen LogP contribution in [0.1, 0.15) is 39.9 Å². The van der Waals surface area contributed by atoms with Crippen LogP contribution < -0.4 is 5.32 Å². The van der Waals surface area contributed by atoms with Crippen LogP contribution in [0.4, 0.5) is 5.69 Å². The van der Waals surface area contributed by atoms with Crippen LogP contribution in [0.25, 0.3) is 5.69 Å². The molecule has 0 radical (unpaired) electrons. The molecule has 0 spiro atoms. The minimum absolute atomic E-state index is 0.00360. The van der Waals surface area contributed by atoms with Crippen molar-refractivity contribution in [3.05, 3.63) is 58.7 Å². The van der Waals surface area contributed by atoms with E-state index in [2.05, 4.69) is 20.8 Å². The molecule has 0 saturated heterocycles. The smallest absolute Gasteiger partial charge is 0.224 e. The first-order valence-corrected chi connectivity index (χ1v) is 10.5. The van der Waals surface area contributed by atoms with Gasteiger partial charge in [-0.1, -0.05) is 23.9 Å². The van der Waals surface area contributed by atoms with Gasteiger partial charge < -0.3 is 5.32 Å². The van der Waals surface area contributed by atoms with Gasteiger partial charge in [-0.15, -0.1) is 5.10 Å². The summed E-state index contributed by atoms with van der Waals surface area (Å²) in [5.74, 6) is 0.261. The van der Waals surface area contributed by atoms with Crippen molar-refractivity contribution in [2.75, 3.05) is 11.1 Å². The molecule has 1 aromatic heterocycles. The Labute approximate surface area is 172 Å². The van der Waals surface area contributed by atoms with Crippen LogP contribution in [0.15, 0.2) is 41.6 Å². The summed E-state index contributed by atoms with van der Waals surface area (Å²) in [4.78, 5) is 24.4. The average Bonchev–Trinajstić information content (AvgIpc) is 3.09. The van der Waals surface area contributed by atoms with Crippen molar-refractivity contribution < 1.29 is 9.59 Å². The molecule has 29 heavy (non-hydrogen) atoms. The van der Waals surface area contributed by atoms with E-state index < -0.39 is 0 Å². The molecule has 1 N–H and O–H groups in total. The number of hydrogen-bond donors (Lipinski definition) is 1. The van der Waals surface area contributed by atoms with E-state index in [1.54, 1.807) is 10.7 Å². The molecule has 0 unspecified atom stereocenters. The molecular formula is C21H21N5O2S. The van der Waals surface area contributed by atoms with Crippen molar-refractivity contribution in [3.8, 4) is 5.69 Å². The Morgan fingerprint density at radius 3 is 2.93 bits per heavy atom. The number of fused-ring (bicyclic) bond motifs is 1. The third-order valence-electron chi connectivity index (χ3n) is 5.13. The maximum Gasteiger partial charge on any atom is 0.224 e. The SMILES string of the molecule is Cc1cccc(-n2nnnc2SCC(=O)c2ccc3c(c2)CCCC(=O)N3)c1C. The Kier molecular flexibility index (Phi) is 5.44. The van der Waals surface area contributed by atoms with Crippen LogP contribution in [-0.2, 0) is 11.2 Å². The van der Waals surface area contributed by atoms with Crippen molar-refractivity contribution in [1.29, 1.82) is 0 Å². The number of nitrogens with zero attached hydrogens (tertiary/aromatic N) is 4. The Balaban J connectivity index is 1.50. The van der Waals surface area contributed by atoms with E-state index >= 15 is 0 Å². The summed E-state index contributed by atoms with van der Waals surface area (Å²) in [5.41, 5.74) is 5.61. The summed E-state index contributed by atoms with van der Waals surface area (Å²) in [7, 11) is 0. The van der Waals surface area contributed by atoms with Crippen molar-refractivity contribution in [2.24, 2.45) is 0 Å². The van der Waals surface area contributed by atoms with Crippen molar-refractivity contribution >= 4 is 29.1 Å². The molecule has 8 heteroatoms. The van der Waals surface area contributed by atoms with E-state index in [-0.39, 0.29) is 17.4 Å². The third kappa shape index (κ3) is 4.07. The lowest BCUT2D eigenvalue weighted by Gasteiger charge is -2.10. The van der Waals surface area contributed by atoms with Gasteiger partial charge >= 0.3 is 0 Å². The molecule has 4 rings (SSSR count). The molecule has 0 fully saturated rings. The highest BCUT2D eigenvalue weighted by molar-refractivity contribution is 7.99. The van der Waals surface area contributed by atoms with E-state index in [0.717, 1.165) is 40.9 Å². The summed E-state index contributed by atoms with van der Waals surface area (Å²) >= 11 is 1.32. The fourth-order valence-electron chi connectivity index (χ4n) is 3.35. The van der Waals surface area contributed by atoms with Gasteiger partial charge in [-0.2, -0.15) is 4.68 Å². The first-order chi connectivity index (χ1) is 14.0. The van der Waals surface area contributed by atoms with E-state index in [0.29, 0.717) is 17.1 Å². The number of carbonyl (C=O) groups is 2. The second kappa shape index (κ2) is 8.16. The lowest BCUT2D eigenvalue weighted by Crippen LogP contribution is -2.10. The fourth-order valence-corrected chi connectivity index (χ4v) is 4.12. The first kappa shape index (κ1) is 19.3. The molecule has 0 bridgehead atoms. The number of anilines is 1. The minimum atomic E-state index is 0.00360. The Morgan fingerprint density at radius 1 is 1.21 bits per heavy atom. The Morgan fingerprint density at radius 2 is 2.07 bits per heavy atom. The molecule has 0 aliphatic carbocycles. The van der Waals surface area contributed by atoms with Gasteiger partial charge in [-0.05, 0) is 78.1 Å². The monoisotopic (exact) mass is 407 g/mol. The lowest BCUT2D eigenvalue weighted by atomic mass is 10.0. The largest absolute Gasteiger partial charge is 0.326 e. The molecule has 1 amide bonds. The van der Waals surface area contributed by atoms with Gasteiger partial charge in [0.15, 0.2) is 5.78 Å². The van der Waals surface area contributed by atoms with Crippen LogP contribution in [0.3, 0.4) is 0 Å². The van der Waals surface area contributed by atoms with E-state index in [1.165, 1.54) is 11.8 Å². The van der Waals surface area contributed by atoms with Gasteiger partial charge in [0.1, 0.15) is 0 Å². The second-order valence-corrected chi connectivity index (χ2v) is 8.02. The number of benzene rings is 2. The van der Waals surface area contributed by atoms with Gasteiger partial charge in [0.05, 0.1) is 11.4 Å². The number of carbonyl (C=O) groups excluding carboxylic acids is 2. The van der Waals surface area contributed by atoms with E-state index in [1.807, 2.05) is 44.2 Å². The van der Waals surface area contributed by atoms with Gasteiger partial charge in [-0.3, -0.25) is 9.59 Å². The van der Waals surface area contributed by atoms with Crippen LogP contribution in [0.5, 0.6) is 0 Å². The van der Waals surface area contributed by atoms with E-state index in [4.69, 9.17) is 0 Å². The highest BCUT2D eigenvalue weighted by Crippen LogP contribution is 2.26. The molecule has 1 aliphatic heterocycles. The normalized spacial score (nSPS) is 13.5. The predicted octanol–water partition coefficient (Wildman–Crippen LogP) is 3.53. The minimum Gasteiger partial charge on any atom is -0.326 e. The number of Topliss-reactive ketones (excluding diaryl/α,β-unsaturated/α-hetero) is 1. The third-order valence-corrected chi connectivity index (χ3v) is 6.05. The number of aromatic nitrogens is 4. The molecule has 2 heterocycles. The van der Waals surface area contributed by atoms with Crippen molar-refractivity contribution in [2.45, 2.75) is 38.3 Å². The first-order valence-electron chi connectivity index (χ1n) is 9.46. The quantitative estimate of drug-likeness (QED) is 0.514. The van der Waals surface area contributed by atoms with Crippen LogP contribution in [-0.4, -0.2) is 37.7 Å². The molecular weight excluding hydrogens is 386 g/mol. The number of rotatable bonds is 5. The zero-order valence-electron chi connectivity index (χ0n) is 16.3. The summed E-state index contributed by atoms with van der Waals surface area (Å²) in [6.45, 7) is 4.07. The molecule has 148 valence electrons. The number of thioether (sulfide) groups is 1. The fraction of sp³-hybridized carbons (Fsp3) is 0.286. The summed E-state index contributed by atoms with van der Waals surface area (Å²) in [6.07, 6.45) is 2.08. The number of tetrazole rings is 1. The number of amides is 1. The molecule has 1 aliphatic rings. The van der Waals surface area contributed by atoms with Crippen molar-refractivity contribution in [3.63, 3.8) is 0 Å². The van der Waals surface area contributed by atoms with Crippen LogP contribution in [0, 0.1) is 13.8 Å². The number of ketones is 1. The second-order valence-electron chi connectivity index (χ2n) is 7.08. The zero-order valence-corrected chi connectivity index (χ0v) is 17.1. The topological polar surface area (TPSA) is 89.8 Å². The molecule has 0 saturated carbocycles. The van der Waals surface area contributed by atoms with Gasteiger partial charge in [0, 0.05) is 17.7 Å². The number of hydrogen-bond acceptors (Lipinski definition) is 6. The lowest BCUT2D eigenvalue weighted by molar-refractivity contribution is -0.116. The maximum atomic E-state index is 12.8. The number of nitrogens with one attached hydrogen (secondary N) is 1. The highest BCUT2D eigenvalue weighted by atomic mass is 32.2. The Hall–Kier alpha value is -3.00. The molecule has 7 nitrogen and oxygen atoms in total. The molecule has 0 atom stereocenters. The summed E-state index contributed by atoms with van der Waals surface area (Å²) in [6, 6.07) is 11.4. The summed E-state index contributed by atoms with van der Waals surface area (Å²) in [5, 5.41) is 15.4. The van der Waals surface area contributed by atoms with Gasteiger partial charge in [0.2, 0.25) is 11.1 Å². The molecule has 3 aromatic rings. The summed E-state index contributed by atoms with van der Waals surface area (Å²) < 4.78 is 1.67. The van der Waals surface area contributed by atoms with Gasteiger partial charge in [0.25, 0.3) is 0 Å². The van der Waals surface area contributed by atoms with E-state index in [9.17, 15) is 9.59 Å². The highest BCUT2D eigenvalue weighted by Gasteiger charge is 2.17. The molecule has 2 aromatic carbocycles. The Bertz CT molecular complexity index is 1090. The zero-order chi connectivity index (χ0) is 20.4. The predicted molar refractivity (Wildman–Crippen MR) is 112 cm³/mol. The average molecular weight is 407 g/mol. The maximum absolute atomic E-state index is 12.8.